The molecule has 0 spiro atoms. The summed E-state index contributed by atoms with van der Waals surface area (Å²) in [5.74, 6) is 0.909. The number of thiocarbonyl (C=S) groups is 1. The smallest absolute Gasteiger partial charge is 0.261 e. The Morgan fingerprint density at radius 3 is 2.45 bits per heavy atom. The largest absolute Gasteiger partial charge is 0.495 e. The summed E-state index contributed by atoms with van der Waals surface area (Å²) in [6.07, 6.45) is 2.45. The fourth-order valence-corrected chi connectivity index (χ4v) is 4.89. The Hall–Kier alpha value is -1.64. The summed E-state index contributed by atoms with van der Waals surface area (Å²) in [5, 5.41) is 6.00. The number of anilines is 2. The van der Waals surface area contributed by atoms with Crippen LogP contribution in [-0.2, 0) is 0 Å². The number of halogens is 2. The van der Waals surface area contributed by atoms with Gasteiger partial charge in [0.2, 0.25) is 0 Å². The molecule has 1 aliphatic heterocycles. The molecule has 0 aromatic heterocycles. The number of piperidine rings is 1. The molecule has 0 bridgehead atoms. The first kappa shape index (κ1) is 22.1. The summed E-state index contributed by atoms with van der Waals surface area (Å²) in [5.41, 5.74) is 2.42. The van der Waals surface area contributed by atoms with Crippen LogP contribution in [0.25, 0.3) is 0 Å². The predicted octanol–water partition coefficient (Wildman–Crippen LogP) is 5.58. The highest BCUT2D eigenvalue weighted by Crippen LogP contribution is 2.32. The van der Waals surface area contributed by atoms with E-state index >= 15 is 0 Å². The van der Waals surface area contributed by atoms with Crippen LogP contribution >= 0.6 is 44.1 Å². The van der Waals surface area contributed by atoms with E-state index in [4.69, 9.17) is 17.0 Å². The van der Waals surface area contributed by atoms with Crippen molar-refractivity contribution in [3.8, 4) is 5.75 Å². The van der Waals surface area contributed by atoms with E-state index in [2.05, 4.69) is 66.4 Å². The van der Waals surface area contributed by atoms with E-state index in [1.165, 1.54) is 25.6 Å². The average Bonchev–Trinajstić information content (AvgIpc) is 2.68. The molecule has 2 aromatic rings. The van der Waals surface area contributed by atoms with Crippen molar-refractivity contribution in [3.05, 3.63) is 50.9 Å². The van der Waals surface area contributed by atoms with Crippen molar-refractivity contribution in [3.63, 3.8) is 0 Å². The van der Waals surface area contributed by atoms with Crippen LogP contribution in [0.5, 0.6) is 5.75 Å². The van der Waals surface area contributed by atoms with Crippen LogP contribution in [0, 0.1) is 5.92 Å². The van der Waals surface area contributed by atoms with Crippen LogP contribution in [0.1, 0.15) is 30.1 Å². The van der Waals surface area contributed by atoms with E-state index in [9.17, 15) is 4.79 Å². The molecule has 154 valence electrons. The topological polar surface area (TPSA) is 53.6 Å². The van der Waals surface area contributed by atoms with Crippen LogP contribution < -0.4 is 20.3 Å². The molecule has 1 heterocycles. The highest BCUT2D eigenvalue weighted by atomic mass is 79.9. The van der Waals surface area contributed by atoms with E-state index in [1.807, 2.05) is 18.2 Å². The van der Waals surface area contributed by atoms with Crippen molar-refractivity contribution < 1.29 is 9.53 Å². The van der Waals surface area contributed by atoms with Gasteiger partial charge in [0.1, 0.15) is 5.75 Å². The monoisotopic (exact) mass is 539 g/mol. The first-order chi connectivity index (χ1) is 13.9. The summed E-state index contributed by atoms with van der Waals surface area (Å²) < 4.78 is 6.78. The number of carbonyl (C=O) groups excluding carboxylic acids is 1. The molecule has 0 aliphatic carbocycles. The fourth-order valence-electron chi connectivity index (χ4n) is 3.29. The van der Waals surface area contributed by atoms with Crippen molar-refractivity contribution in [2.24, 2.45) is 5.92 Å². The minimum Gasteiger partial charge on any atom is -0.495 e. The van der Waals surface area contributed by atoms with E-state index < -0.39 is 0 Å². The highest BCUT2D eigenvalue weighted by molar-refractivity contribution is 9.11. The molecule has 1 aliphatic rings. The third-order valence-electron chi connectivity index (χ3n) is 4.96. The Kier molecular flexibility index (Phi) is 7.54. The second kappa shape index (κ2) is 9.91. The number of benzene rings is 2. The number of nitrogens with one attached hydrogen (secondary N) is 2. The number of ether oxygens (including phenoxy) is 1. The van der Waals surface area contributed by atoms with Gasteiger partial charge in [-0.2, -0.15) is 0 Å². The Balaban J connectivity index is 1.62. The van der Waals surface area contributed by atoms with Crippen LogP contribution in [0.2, 0.25) is 0 Å². The van der Waals surface area contributed by atoms with E-state index in [0.717, 1.165) is 29.2 Å². The van der Waals surface area contributed by atoms with Crippen molar-refractivity contribution >= 4 is 66.5 Å². The summed E-state index contributed by atoms with van der Waals surface area (Å²) in [4.78, 5) is 15.1. The molecule has 0 saturated carbocycles. The highest BCUT2D eigenvalue weighted by Gasteiger charge is 2.18. The molecule has 1 saturated heterocycles. The van der Waals surface area contributed by atoms with Gasteiger partial charge < -0.3 is 15.0 Å². The maximum absolute atomic E-state index is 12.6. The zero-order chi connectivity index (χ0) is 21.0. The zero-order valence-electron chi connectivity index (χ0n) is 16.3. The van der Waals surface area contributed by atoms with Crippen LogP contribution in [-0.4, -0.2) is 31.2 Å². The van der Waals surface area contributed by atoms with Gasteiger partial charge in [0.25, 0.3) is 5.91 Å². The van der Waals surface area contributed by atoms with Gasteiger partial charge in [-0.15, -0.1) is 0 Å². The van der Waals surface area contributed by atoms with Gasteiger partial charge in [0, 0.05) is 28.9 Å². The summed E-state index contributed by atoms with van der Waals surface area (Å²) in [6, 6.07) is 11.6. The number of rotatable bonds is 4. The maximum Gasteiger partial charge on any atom is 0.261 e. The van der Waals surface area contributed by atoms with Crippen molar-refractivity contribution in [2.45, 2.75) is 19.8 Å². The Labute approximate surface area is 193 Å². The molecule has 3 rings (SSSR count). The molecule has 0 radical (unpaired) electrons. The molecular weight excluding hydrogens is 518 g/mol. The van der Waals surface area contributed by atoms with Gasteiger partial charge in [-0.25, -0.2) is 0 Å². The minimum absolute atomic E-state index is 0.229. The molecule has 8 heteroatoms. The second-order valence-electron chi connectivity index (χ2n) is 7.09. The molecule has 2 N–H and O–H groups in total. The number of amides is 1. The molecule has 2 aromatic carbocycles. The Morgan fingerprint density at radius 2 is 1.83 bits per heavy atom. The van der Waals surface area contributed by atoms with Crippen molar-refractivity contribution in [1.29, 1.82) is 0 Å². The molecule has 1 fully saturated rings. The van der Waals surface area contributed by atoms with Gasteiger partial charge in [-0.1, -0.05) is 22.9 Å². The van der Waals surface area contributed by atoms with Crippen LogP contribution in [0.4, 0.5) is 11.4 Å². The number of hydrogen-bond donors (Lipinski definition) is 2. The number of nitrogens with zero attached hydrogens (tertiary/aromatic N) is 1. The summed E-state index contributed by atoms with van der Waals surface area (Å²) in [7, 11) is 1.52. The SMILES string of the molecule is COc1c(Br)cc(Br)cc1C(=O)NC(=S)Nc1ccc(N2CCC(C)CC2)cc1. The summed E-state index contributed by atoms with van der Waals surface area (Å²) in [6.45, 7) is 4.49. The van der Waals surface area contributed by atoms with E-state index in [0.29, 0.717) is 15.8 Å². The lowest BCUT2D eigenvalue weighted by Gasteiger charge is -2.32. The standard InChI is InChI=1S/C21H23Br2N3O2S/c1-13-7-9-26(10-8-13)16-5-3-15(4-6-16)24-21(29)25-20(27)17-11-14(22)12-18(23)19(17)28-2/h3-6,11-13H,7-10H2,1-2H3,(H2,24,25,27,29). The van der Waals surface area contributed by atoms with Gasteiger partial charge in [-0.3, -0.25) is 10.1 Å². The van der Waals surface area contributed by atoms with E-state index in [-0.39, 0.29) is 11.0 Å². The lowest BCUT2D eigenvalue weighted by Crippen LogP contribution is -2.34. The lowest BCUT2D eigenvalue weighted by atomic mass is 9.99. The molecular formula is C21H23Br2N3O2S. The van der Waals surface area contributed by atoms with Gasteiger partial charge in [-0.05, 0) is 83.3 Å². The number of methoxy groups -OCH3 is 1. The van der Waals surface area contributed by atoms with Gasteiger partial charge in [0.05, 0.1) is 17.1 Å². The average molecular weight is 541 g/mol. The van der Waals surface area contributed by atoms with Crippen LogP contribution in [0.15, 0.2) is 45.3 Å². The second-order valence-corrected chi connectivity index (χ2v) is 9.27. The fraction of sp³-hybridized carbons (Fsp3) is 0.333. The first-order valence-electron chi connectivity index (χ1n) is 9.37. The normalized spacial score (nSPS) is 14.4. The van der Waals surface area contributed by atoms with Gasteiger partial charge in [0.15, 0.2) is 5.11 Å². The minimum atomic E-state index is -0.347. The third kappa shape index (κ3) is 5.71. The zero-order valence-corrected chi connectivity index (χ0v) is 20.3. The number of hydrogen-bond acceptors (Lipinski definition) is 4. The Morgan fingerprint density at radius 1 is 1.17 bits per heavy atom. The molecule has 29 heavy (non-hydrogen) atoms. The van der Waals surface area contributed by atoms with E-state index in [1.54, 1.807) is 6.07 Å². The quantitative estimate of drug-likeness (QED) is 0.495. The lowest BCUT2D eigenvalue weighted by molar-refractivity contribution is 0.0974. The number of carbonyl (C=O) groups is 1. The third-order valence-corrected chi connectivity index (χ3v) is 6.21. The van der Waals surface area contributed by atoms with Crippen molar-refractivity contribution in [1.82, 2.24) is 5.32 Å². The molecule has 0 unspecified atom stereocenters. The molecule has 5 nitrogen and oxygen atoms in total. The molecule has 0 atom stereocenters. The Bertz CT molecular complexity index is 898. The van der Waals surface area contributed by atoms with Gasteiger partial charge >= 0.3 is 0 Å². The van der Waals surface area contributed by atoms with Crippen LogP contribution in [0.3, 0.4) is 0 Å². The van der Waals surface area contributed by atoms with Crippen molar-refractivity contribution in [2.75, 3.05) is 30.4 Å². The summed E-state index contributed by atoms with van der Waals surface area (Å²) >= 11 is 12.1. The molecule has 1 amide bonds. The maximum atomic E-state index is 12.6. The first-order valence-corrected chi connectivity index (χ1v) is 11.4. The predicted molar refractivity (Wildman–Crippen MR) is 129 cm³/mol.